The van der Waals surface area contributed by atoms with Crippen LogP contribution >= 0.6 is 0 Å². The minimum Gasteiger partial charge on any atom is -0.507 e. The highest BCUT2D eigenvalue weighted by Crippen LogP contribution is 2.42. The summed E-state index contributed by atoms with van der Waals surface area (Å²) in [7, 11) is 0. The number of hydrogen-bond donors (Lipinski definition) is 1. The minimum absolute atomic E-state index is 0.135. The van der Waals surface area contributed by atoms with Crippen molar-refractivity contribution in [3.05, 3.63) is 69.3 Å². The predicted octanol–water partition coefficient (Wildman–Crippen LogP) is 2.97. The van der Waals surface area contributed by atoms with Gasteiger partial charge in [0.2, 0.25) is 0 Å². The second-order valence-electron chi connectivity index (χ2n) is 8.30. The van der Waals surface area contributed by atoms with Crippen LogP contribution in [0.25, 0.3) is 5.76 Å². The molecule has 0 unspecified atom stereocenters. The summed E-state index contributed by atoms with van der Waals surface area (Å²) in [6, 6.07) is 9.47. The average molecular weight is 466 g/mol. The molecule has 0 radical (unpaired) electrons. The Morgan fingerprint density at radius 3 is 2.62 bits per heavy atom. The SMILES string of the molecule is O=C1C(=O)N(C[C@@H]2CCCO2)[C@@H](c2cccc([N+](=O)[O-])c2)C1=C(O)c1ccc2c(c1)OCCO2. The molecule has 5 rings (SSSR count). The Labute approximate surface area is 194 Å². The fourth-order valence-electron chi connectivity index (χ4n) is 4.58. The van der Waals surface area contributed by atoms with Crippen LogP contribution in [0.4, 0.5) is 5.69 Å². The molecule has 3 aliphatic rings. The van der Waals surface area contributed by atoms with Crippen molar-refractivity contribution in [1.82, 2.24) is 4.90 Å². The first-order chi connectivity index (χ1) is 16.4. The van der Waals surface area contributed by atoms with Gasteiger partial charge in [0.15, 0.2) is 11.5 Å². The highest BCUT2D eigenvalue weighted by Gasteiger charge is 2.47. The van der Waals surface area contributed by atoms with Gasteiger partial charge in [-0.1, -0.05) is 12.1 Å². The van der Waals surface area contributed by atoms with E-state index < -0.39 is 22.7 Å². The zero-order valence-corrected chi connectivity index (χ0v) is 18.1. The summed E-state index contributed by atoms with van der Waals surface area (Å²) in [4.78, 5) is 38.4. The number of ether oxygens (including phenoxy) is 3. The summed E-state index contributed by atoms with van der Waals surface area (Å²) in [6.45, 7) is 1.44. The van der Waals surface area contributed by atoms with Crippen molar-refractivity contribution in [2.75, 3.05) is 26.4 Å². The number of aliphatic hydroxyl groups excluding tert-OH is 1. The van der Waals surface area contributed by atoms with Crippen LogP contribution in [-0.2, 0) is 14.3 Å². The van der Waals surface area contributed by atoms with Gasteiger partial charge >= 0.3 is 0 Å². The minimum atomic E-state index is -1.00. The molecule has 1 amide bonds. The van der Waals surface area contributed by atoms with Gasteiger partial charge in [0.1, 0.15) is 19.0 Å². The molecule has 176 valence electrons. The highest BCUT2D eigenvalue weighted by atomic mass is 16.6. The number of Topliss-reactive ketones (excluding diaryl/α,β-unsaturated/α-hetero) is 1. The third-order valence-electron chi connectivity index (χ3n) is 6.18. The number of aliphatic hydroxyl groups is 1. The van der Waals surface area contributed by atoms with E-state index in [0.29, 0.717) is 36.9 Å². The van der Waals surface area contributed by atoms with E-state index in [9.17, 15) is 24.8 Å². The van der Waals surface area contributed by atoms with Crippen LogP contribution in [0.2, 0.25) is 0 Å². The van der Waals surface area contributed by atoms with Crippen LogP contribution in [0.1, 0.15) is 30.0 Å². The number of likely N-dealkylation sites (tertiary alicyclic amines) is 1. The van der Waals surface area contributed by atoms with Crippen molar-refractivity contribution in [1.29, 1.82) is 0 Å². The van der Waals surface area contributed by atoms with Crippen LogP contribution < -0.4 is 9.47 Å². The monoisotopic (exact) mass is 466 g/mol. The Kier molecular flexibility index (Phi) is 5.66. The maximum Gasteiger partial charge on any atom is 0.295 e. The van der Waals surface area contributed by atoms with E-state index in [1.807, 2.05) is 0 Å². The van der Waals surface area contributed by atoms with Crippen LogP contribution in [0.15, 0.2) is 48.0 Å². The quantitative estimate of drug-likeness (QED) is 0.234. The van der Waals surface area contributed by atoms with Crippen molar-refractivity contribution in [3.8, 4) is 11.5 Å². The zero-order chi connectivity index (χ0) is 23.8. The van der Waals surface area contributed by atoms with E-state index in [4.69, 9.17) is 14.2 Å². The molecule has 0 aromatic heterocycles. The molecule has 2 aromatic carbocycles. The molecule has 0 aliphatic carbocycles. The van der Waals surface area contributed by atoms with Gasteiger partial charge in [0, 0.05) is 30.8 Å². The Morgan fingerprint density at radius 1 is 1.09 bits per heavy atom. The van der Waals surface area contributed by atoms with Gasteiger partial charge in [-0.3, -0.25) is 19.7 Å². The zero-order valence-electron chi connectivity index (χ0n) is 18.1. The summed E-state index contributed by atoms with van der Waals surface area (Å²) >= 11 is 0. The molecule has 34 heavy (non-hydrogen) atoms. The molecule has 2 fully saturated rings. The molecule has 1 N–H and O–H groups in total. The Balaban J connectivity index is 1.62. The summed E-state index contributed by atoms with van der Waals surface area (Å²) in [5.74, 6) is -1.11. The van der Waals surface area contributed by atoms with Crippen molar-refractivity contribution in [2.45, 2.75) is 25.0 Å². The first-order valence-corrected chi connectivity index (χ1v) is 11.0. The number of hydrogen-bond acceptors (Lipinski definition) is 8. The Bertz CT molecular complexity index is 1200. The second-order valence-corrected chi connectivity index (χ2v) is 8.30. The number of nitro groups is 1. The van der Waals surface area contributed by atoms with Gasteiger partial charge in [0.25, 0.3) is 17.4 Å². The van der Waals surface area contributed by atoms with Crippen molar-refractivity contribution in [2.24, 2.45) is 0 Å². The molecule has 0 spiro atoms. The van der Waals surface area contributed by atoms with Crippen molar-refractivity contribution >= 4 is 23.1 Å². The van der Waals surface area contributed by atoms with E-state index in [1.54, 1.807) is 24.3 Å². The first-order valence-electron chi connectivity index (χ1n) is 11.0. The number of nitrogens with zero attached hydrogens (tertiary/aromatic N) is 2. The Hall–Kier alpha value is -3.92. The maximum absolute atomic E-state index is 13.2. The van der Waals surface area contributed by atoms with Crippen molar-refractivity contribution < 1.29 is 33.8 Å². The van der Waals surface area contributed by atoms with Gasteiger partial charge in [-0.25, -0.2) is 0 Å². The number of ketones is 1. The van der Waals surface area contributed by atoms with E-state index >= 15 is 0 Å². The molecule has 3 aliphatic heterocycles. The van der Waals surface area contributed by atoms with E-state index in [2.05, 4.69) is 0 Å². The number of non-ortho nitro benzene ring substituents is 1. The predicted molar refractivity (Wildman–Crippen MR) is 119 cm³/mol. The molecule has 10 nitrogen and oxygen atoms in total. The van der Waals surface area contributed by atoms with Crippen LogP contribution in [0, 0.1) is 10.1 Å². The summed E-state index contributed by atoms with van der Waals surface area (Å²) < 4.78 is 16.8. The first kappa shape index (κ1) is 21.9. The molecule has 0 bridgehead atoms. The number of benzene rings is 2. The molecular weight excluding hydrogens is 444 g/mol. The lowest BCUT2D eigenvalue weighted by Crippen LogP contribution is -2.36. The molecule has 2 saturated heterocycles. The van der Waals surface area contributed by atoms with Crippen LogP contribution in [-0.4, -0.2) is 59.1 Å². The number of fused-ring (bicyclic) bond motifs is 1. The summed E-state index contributed by atoms with van der Waals surface area (Å²) in [5, 5.41) is 22.6. The van der Waals surface area contributed by atoms with Gasteiger partial charge in [-0.05, 0) is 36.6 Å². The van der Waals surface area contributed by atoms with E-state index in [0.717, 1.165) is 12.8 Å². The van der Waals surface area contributed by atoms with E-state index in [-0.39, 0.29) is 35.2 Å². The summed E-state index contributed by atoms with van der Waals surface area (Å²) in [6.07, 6.45) is 1.31. The average Bonchev–Trinajstić information content (AvgIpc) is 3.46. The number of amides is 1. The topological polar surface area (TPSA) is 128 Å². The van der Waals surface area contributed by atoms with Crippen LogP contribution in [0.5, 0.6) is 11.5 Å². The number of carbonyl (C=O) groups excluding carboxylic acids is 2. The lowest BCUT2D eigenvalue weighted by Gasteiger charge is -2.27. The second kappa shape index (κ2) is 8.79. The van der Waals surface area contributed by atoms with Gasteiger partial charge in [0.05, 0.1) is 22.6 Å². The lowest BCUT2D eigenvalue weighted by molar-refractivity contribution is -0.384. The third kappa shape index (κ3) is 3.86. The molecule has 2 atom stereocenters. The largest absolute Gasteiger partial charge is 0.507 e. The summed E-state index contributed by atoms with van der Waals surface area (Å²) in [5.41, 5.74) is 0.306. The number of nitro benzene ring substituents is 1. The normalized spacial score (nSPS) is 23.4. The number of rotatable bonds is 5. The van der Waals surface area contributed by atoms with Gasteiger partial charge in [-0.2, -0.15) is 0 Å². The highest BCUT2D eigenvalue weighted by molar-refractivity contribution is 6.46. The number of carbonyl (C=O) groups is 2. The molecule has 3 heterocycles. The van der Waals surface area contributed by atoms with E-state index in [1.165, 1.54) is 23.1 Å². The molecule has 2 aromatic rings. The molecular formula is C24H22N2O8. The fourth-order valence-corrected chi connectivity index (χ4v) is 4.58. The lowest BCUT2D eigenvalue weighted by atomic mass is 9.94. The molecule has 10 heteroatoms. The maximum atomic E-state index is 13.2. The smallest absolute Gasteiger partial charge is 0.295 e. The standard InChI is InChI=1S/C24H22N2O8/c27-22(15-6-7-18-19(12-15)34-10-9-33-18)20-21(14-3-1-4-16(11-14)26(30)31)25(24(29)23(20)28)13-17-5-2-8-32-17/h1,3-4,6-7,11-12,17,21,27H,2,5,8-10,13H2/t17-,21-/m0/s1. The van der Waals surface area contributed by atoms with Crippen LogP contribution in [0.3, 0.4) is 0 Å². The van der Waals surface area contributed by atoms with Gasteiger partial charge in [-0.15, -0.1) is 0 Å². The fraction of sp³-hybridized carbons (Fsp3) is 0.333. The van der Waals surface area contributed by atoms with Crippen molar-refractivity contribution in [3.63, 3.8) is 0 Å². The Morgan fingerprint density at radius 2 is 1.88 bits per heavy atom. The molecule has 0 saturated carbocycles. The van der Waals surface area contributed by atoms with Gasteiger partial charge < -0.3 is 24.2 Å². The third-order valence-corrected chi connectivity index (χ3v) is 6.18.